The number of aromatic amines is 1. The number of H-pyrrole nitrogens is 1. The molecule has 2 heterocycles. The smallest absolute Gasteiger partial charge is 0.276 e. The summed E-state index contributed by atoms with van der Waals surface area (Å²) in [4.78, 5) is 32.4. The zero-order valence-electron chi connectivity index (χ0n) is 20.7. The van der Waals surface area contributed by atoms with Gasteiger partial charge in [-0.3, -0.25) is 9.59 Å². The second-order valence-corrected chi connectivity index (χ2v) is 10.1. The van der Waals surface area contributed by atoms with Crippen LogP contribution in [-0.4, -0.2) is 61.8 Å². The fourth-order valence-corrected chi connectivity index (χ4v) is 4.68. The van der Waals surface area contributed by atoms with Crippen LogP contribution < -0.4 is 10.6 Å². The van der Waals surface area contributed by atoms with E-state index in [1.165, 1.54) is 19.1 Å². The number of hydrogen-bond acceptors (Lipinski definition) is 8. The molecule has 2 saturated carbocycles. The Morgan fingerprint density at radius 3 is 2.51 bits per heavy atom. The van der Waals surface area contributed by atoms with Crippen LogP contribution in [0, 0.1) is 12.8 Å². The third-order valence-electron chi connectivity index (χ3n) is 6.84. The summed E-state index contributed by atoms with van der Waals surface area (Å²) < 4.78 is 62.7. The number of imidazole rings is 1. The quantitative estimate of drug-likeness (QED) is 0.220. The highest BCUT2D eigenvalue weighted by atomic mass is 19.3. The van der Waals surface area contributed by atoms with Crippen molar-refractivity contribution in [2.45, 2.75) is 69.2 Å². The van der Waals surface area contributed by atoms with Crippen molar-refractivity contribution in [1.82, 2.24) is 30.9 Å². The number of nitrogens with one attached hydrogen (secondary N) is 3. The molecule has 2 aromatic heterocycles. The average Bonchev–Trinajstić information content (AvgIpc) is 3.44. The molecule has 11 nitrogen and oxygen atoms in total. The standard InChI is InChI=1S/C24H26F4N6O5/c1-11-19(34-39-33-11)22(37)31-17(10-38-14-8-24(27,28)9-14)20-29-15-3-2-13(5-16(15)30-20)21(36)32-18(35)4-12-6-23(25,26)7-12/h2-3,5,12,14,17,21,36H,4,6-10H2,1H3,(H,29,30)(H,31,37)(H,32,35)/t17-,21+/m0/s1. The Balaban J connectivity index is 1.28. The molecule has 1 aromatic carbocycles. The number of hydrogen-bond donors (Lipinski definition) is 4. The molecular weight excluding hydrogens is 528 g/mol. The van der Waals surface area contributed by atoms with Gasteiger partial charge < -0.3 is 25.5 Å². The average molecular weight is 555 g/mol. The molecule has 0 unspecified atom stereocenters. The Bertz CT molecular complexity index is 1360. The second kappa shape index (κ2) is 10.2. The molecule has 4 N–H and O–H groups in total. The lowest BCUT2D eigenvalue weighted by Crippen LogP contribution is -2.43. The van der Waals surface area contributed by atoms with Crippen molar-refractivity contribution in [3.05, 3.63) is 41.0 Å². The predicted molar refractivity (Wildman–Crippen MR) is 125 cm³/mol. The maximum absolute atomic E-state index is 13.2. The van der Waals surface area contributed by atoms with Gasteiger partial charge in [0.25, 0.3) is 11.8 Å². The lowest BCUT2D eigenvalue weighted by Gasteiger charge is -2.35. The number of aliphatic hydroxyl groups excluding tert-OH is 1. The lowest BCUT2D eigenvalue weighted by atomic mass is 9.79. The van der Waals surface area contributed by atoms with Crippen LogP contribution >= 0.6 is 0 Å². The highest BCUT2D eigenvalue weighted by Gasteiger charge is 2.47. The number of carbonyl (C=O) groups excluding carboxylic acids is 2. The molecule has 2 atom stereocenters. The molecule has 39 heavy (non-hydrogen) atoms. The maximum Gasteiger partial charge on any atom is 0.276 e. The van der Waals surface area contributed by atoms with E-state index in [1.54, 1.807) is 6.07 Å². The van der Waals surface area contributed by atoms with Crippen molar-refractivity contribution in [3.8, 4) is 0 Å². The van der Waals surface area contributed by atoms with E-state index < -0.39 is 60.8 Å². The molecule has 0 bridgehead atoms. The number of nitrogens with zero attached hydrogens (tertiary/aromatic N) is 3. The Morgan fingerprint density at radius 2 is 1.87 bits per heavy atom. The summed E-state index contributed by atoms with van der Waals surface area (Å²) in [6.07, 6.45) is -3.72. The Labute approximate surface area is 218 Å². The molecule has 3 aromatic rings. The van der Waals surface area contributed by atoms with Crippen molar-refractivity contribution in [1.29, 1.82) is 0 Å². The van der Waals surface area contributed by atoms with E-state index in [1.807, 2.05) is 0 Å². The first-order valence-corrected chi connectivity index (χ1v) is 12.3. The van der Waals surface area contributed by atoms with Crippen molar-refractivity contribution < 1.29 is 41.6 Å². The van der Waals surface area contributed by atoms with E-state index in [4.69, 9.17) is 4.74 Å². The summed E-state index contributed by atoms with van der Waals surface area (Å²) in [5.41, 5.74) is 1.41. The minimum atomic E-state index is -2.78. The minimum absolute atomic E-state index is 0.0574. The molecule has 15 heteroatoms. The number of halogens is 4. The van der Waals surface area contributed by atoms with Crippen LogP contribution in [0.4, 0.5) is 17.6 Å². The molecule has 2 amide bonds. The van der Waals surface area contributed by atoms with E-state index in [0.717, 1.165) is 0 Å². The van der Waals surface area contributed by atoms with Gasteiger partial charge in [0.1, 0.15) is 17.6 Å². The minimum Gasteiger partial charge on any atom is -0.375 e. The summed E-state index contributed by atoms with van der Waals surface area (Å²) in [6, 6.07) is 3.75. The van der Waals surface area contributed by atoms with Crippen molar-refractivity contribution in [2.24, 2.45) is 5.92 Å². The fourth-order valence-electron chi connectivity index (χ4n) is 4.68. The van der Waals surface area contributed by atoms with Gasteiger partial charge in [0.2, 0.25) is 11.8 Å². The molecule has 0 aliphatic heterocycles. The molecule has 5 rings (SSSR count). The normalized spacial score (nSPS) is 20.2. The summed E-state index contributed by atoms with van der Waals surface area (Å²) in [6.45, 7) is 1.37. The van der Waals surface area contributed by atoms with Gasteiger partial charge in [0.15, 0.2) is 11.9 Å². The van der Waals surface area contributed by atoms with Crippen LogP contribution in [0.1, 0.15) is 71.9 Å². The second-order valence-electron chi connectivity index (χ2n) is 10.1. The highest BCUT2D eigenvalue weighted by Crippen LogP contribution is 2.44. The third kappa shape index (κ3) is 6.19. The number of ether oxygens (including phenoxy) is 1. The SMILES string of the molecule is Cc1nonc1C(=O)N[C@@H](COC1CC(F)(F)C1)c1nc2ccc([C@@H](O)NC(=O)CC3CC(F)(F)C3)cc2[nH]1. The van der Waals surface area contributed by atoms with Gasteiger partial charge >= 0.3 is 0 Å². The van der Waals surface area contributed by atoms with Crippen LogP contribution in [-0.2, 0) is 9.53 Å². The summed E-state index contributed by atoms with van der Waals surface area (Å²) in [5.74, 6) is -6.87. The molecule has 0 spiro atoms. The van der Waals surface area contributed by atoms with Gasteiger partial charge in [0, 0.05) is 37.7 Å². The van der Waals surface area contributed by atoms with E-state index in [-0.39, 0.29) is 43.1 Å². The van der Waals surface area contributed by atoms with Gasteiger partial charge in [-0.1, -0.05) is 11.2 Å². The van der Waals surface area contributed by atoms with E-state index in [2.05, 4.69) is 35.5 Å². The lowest BCUT2D eigenvalue weighted by molar-refractivity contribution is -0.167. The predicted octanol–water partition coefficient (Wildman–Crippen LogP) is 3.08. The Hall–Kier alpha value is -3.59. The van der Waals surface area contributed by atoms with Crippen LogP contribution in [0.25, 0.3) is 11.0 Å². The zero-order chi connectivity index (χ0) is 27.9. The summed E-state index contributed by atoms with van der Waals surface area (Å²) >= 11 is 0. The molecule has 0 radical (unpaired) electrons. The number of amides is 2. The number of rotatable bonds is 10. The number of aliphatic hydroxyl groups is 1. The zero-order valence-corrected chi connectivity index (χ0v) is 20.7. The molecule has 2 aliphatic carbocycles. The van der Waals surface area contributed by atoms with E-state index in [0.29, 0.717) is 16.6 Å². The first-order chi connectivity index (χ1) is 18.4. The van der Waals surface area contributed by atoms with Gasteiger partial charge in [-0.05, 0) is 30.1 Å². The van der Waals surface area contributed by atoms with Gasteiger partial charge in [0.05, 0.1) is 23.7 Å². The molecule has 2 aliphatic rings. The summed E-state index contributed by atoms with van der Waals surface area (Å²) in [5, 5.41) is 22.7. The molecular formula is C24H26F4N6O5. The van der Waals surface area contributed by atoms with Crippen LogP contribution in [0.15, 0.2) is 22.8 Å². The first kappa shape index (κ1) is 27.0. The third-order valence-corrected chi connectivity index (χ3v) is 6.84. The van der Waals surface area contributed by atoms with Crippen molar-refractivity contribution in [2.75, 3.05) is 6.61 Å². The number of aryl methyl sites for hydroxylation is 1. The van der Waals surface area contributed by atoms with Gasteiger partial charge in [-0.25, -0.2) is 27.2 Å². The topological polar surface area (TPSA) is 155 Å². The van der Waals surface area contributed by atoms with Crippen molar-refractivity contribution in [3.63, 3.8) is 0 Å². The first-order valence-electron chi connectivity index (χ1n) is 12.3. The van der Waals surface area contributed by atoms with Gasteiger partial charge in [-0.2, -0.15) is 0 Å². The number of fused-ring (bicyclic) bond motifs is 1. The summed E-state index contributed by atoms with van der Waals surface area (Å²) in [7, 11) is 0. The largest absolute Gasteiger partial charge is 0.375 e. The Morgan fingerprint density at radius 1 is 1.15 bits per heavy atom. The van der Waals surface area contributed by atoms with Gasteiger partial charge in [-0.15, -0.1) is 0 Å². The Kier molecular flexibility index (Phi) is 7.05. The van der Waals surface area contributed by atoms with Crippen LogP contribution in [0.5, 0.6) is 0 Å². The van der Waals surface area contributed by atoms with Crippen LogP contribution in [0.3, 0.4) is 0 Å². The number of benzene rings is 1. The van der Waals surface area contributed by atoms with Crippen LogP contribution in [0.2, 0.25) is 0 Å². The van der Waals surface area contributed by atoms with E-state index in [9.17, 15) is 32.3 Å². The maximum atomic E-state index is 13.2. The fraction of sp³-hybridized carbons (Fsp3) is 0.542. The molecule has 2 fully saturated rings. The number of alkyl halides is 4. The molecule has 210 valence electrons. The monoisotopic (exact) mass is 554 g/mol. The van der Waals surface area contributed by atoms with E-state index >= 15 is 0 Å². The number of carbonyl (C=O) groups is 2. The highest BCUT2D eigenvalue weighted by molar-refractivity contribution is 5.93. The molecule has 0 saturated heterocycles. The van der Waals surface area contributed by atoms with Crippen molar-refractivity contribution >= 4 is 22.8 Å². The number of aromatic nitrogens is 4.